The molecule has 126 valence electrons. The van der Waals surface area contributed by atoms with Crippen molar-refractivity contribution >= 4 is 34.5 Å². The monoisotopic (exact) mass is 344 g/mol. The van der Waals surface area contributed by atoms with Crippen LogP contribution >= 0.6 is 11.8 Å². The number of nitrogens with zero attached hydrogens (tertiary/aromatic N) is 2. The van der Waals surface area contributed by atoms with E-state index in [1.165, 1.54) is 18.2 Å². The molecule has 2 aromatic rings. The molecule has 7 heteroatoms. The summed E-state index contributed by atoms with van der Waals surface area (Å²) in [6.07, 6.45) is 7.16. The van der Waals surface area contributed by atoms with E-state index in [2.05, 4.69) is 20.8 Å². The van der Waals surface area contributed by atoms with Crippen LogP contribution in [-0.4, -0.2) is 33.9 Å². The lowest BCUT2D eigenvalue weighted by Crippen LogP contribution is -2.45. The van der Waals surface area contributed by atoms with Crippen LogP contribution in [0.2, 0.25) is 0 Å². The molecule has 1 aromatic carbocycles. The quantitative estimate of drug-likeness (QED) is 0.833. The molecular weight excluding hydrogens is 324 g/mol. The topological polar surface area (TPSA) is 84.0 Å². The molecule has 0 spiro atoms. The highest BCUT2D eigenvalue weighted by molar-refractivity contribution is 8.00. The largest absolute Gasteiger partial charge is 0.335 e. The van der Waals surface area contributed by atoms with Crippen LogP contribution in [0.1, 0.15) is 32.1 Å². The molecule has 0 unspecified atom stereocenters. The Morgan fingerprint density at radius 1 is 1.17 bits per heavy atom. The molecular formula is C17H20N4O2S. The van der Waals surface area contributed by atoms with Crippen LogP contribution in [0.4, 0.5) is 4.79 Å². The third kappa shape index (κ3) is 4.44. The predicted molar refractivity (Wildman–Crippen MR) is 93.8 cm³/mol. The number of carbonyl (C=O) groups excluding carboxylic acids is 2. The van der Waals surface area contributed by atoms with Gasteiger partial charge in [0.25, 0.3) is 0 Å². The fourth-order valence-electron chi connectivity index (χ4n) is 2.87. The molecule has 1 fully saturated rings. The number of carbonyl (C=O) groups is 2. The van der Waals surface area contributed by atoms with Gasteiger partial charge < -0.3 is 5.32 Å². The van der Waals surface area contributed by atoms with Crippen molar-refractivity contribution in [3.05, 3.63) is 30.5 Å². The Kier molecular flexibility index (Phi) is 5.63. The van der Waals surface area contributed by atoms with Gasteiger partial charge in [-0.15, -0.1) is 5.10 Å². The van der Waals surface area contributed by atoms with Crippen LogP contribution in [-0.2, 0) is 4.79 Å². The van der Waals surface area contributed by atoms with Crippen LogP contribution in [0.5, 0.6) is 0 Å². The van der Waals surface area contributed by atoms with Crippen molar-refractivity contribution in [3.8, 4) is 0 Å². The van der Waals surface area contributed by atoms with Crippen LogP contribution in [0.15, 0.2) is 35.5 Å². The Morgan fingerprint density at radius 2 is 1.96 bits per heavy atom. The highest BCUT2D eigenvalue weighted by Gasteiger charge is 2.17. The zero-order valence-corrected chi connectivity index (χ0v) is 14.1. The number of urea groups is 1. The first-order valence-corrected chi connectivity index (χ1v) is 9.14. The minimum absolute atomic E-state index is 0.126. The number of thioether (sulfide) groups is 1. The Balaban J connectivity index is 1.50. The number of rotatable bonds is 4. The normalized spacial score (nSPS) is 15.2. The number of hydrogen-bond acceptors (Lipinski definition) is 5. The van der Waals surface area contributed by atoms with E-state index in [1.54, 1.807) is 6.20 Å². The zero-order valence-electron chi connectivity index (χ0n) is 13.3. The van der Waals surface area contributed by atoms with Crippen molar-refractivity contribution in [2.45, 2.75) is 43.2 Å². The summed E-state index contributed by atoms with van der Waals surface area (Å²) in [6.45, 7) is 0. The van der Waals surface area contributed by atoms with Gasteiger partial charge in [-0.2, -0.15) is 5.10 Å². The van der Waals surface area contributed by atoms with Gasteiger partial charge in [0.2, 0.25) is 5.91 Å². The lowest BCUT2D eigenvalue weighted by Gasteiger charge is -2.22. The zero-order chi connectivity index (χ0) is 16.8. The number of imide groups is 1. The number of nitrogens with one attached hydrogen (secondary N) is 2. The van der Waals surface area contributed by atoms with Gasteiger partial charge in [-0.05, 0) is 12.8 Å². The lowest BCUT2D eigenvalue weighted by molar-refractivity contribution is -0.117. The molecule has 24 heavy (non-hydrogen) atoms. The van der Waals surface area contributed by atoms with E-state index in [0.717, 1.165) is 36.5 Å². The summed E-state index contributed by atoms with van der Waals surface area (Å²) in [4.78, 5) is 23.8. The van der Waals surface area contributed by atoms with Crippen LogP contribution in [0.3, 0.4) is 0 Å². The van der Waals surface area contributed by atoms with Gasteiger partial charge in [0.15, 0.2) is 0 Å². The van der Waals surface area contributed by atoms with Gasteiger partial charge in [-0.3, -0.25) is 10.1 Å². The second-order valence-corrected chi connectivity index (χ2v) is 6.85. The predicted octanol–water partition coefficient (Wildman–Crippen LogP) is 2.88. The standard InChI is InChI=1S/C17H20N4O2S/c22-15(20-17(23)19-13-7-2-1-3-8-13)11-24-16-14-9-5-4-6-12(14)10-18-21-16/h4-6,9-10,13H,1-3,7-8,11H2,(H2,19,20,22,23). The molecule has 0 aliphatic heterocycles. The van der Waals surface area contributed by atoms with Gasteiger partial charge in [0.05, 0.1) is 11.9 Å². The maximum Gasteiger partial charge on any atom is 0.321 e. The maximum absolute atomic E-state index is 12.0. The summed E-state index contributed by atoms with van der Waals surface area (Å²) in [6, 6.07) is 7.53. The average molecular weight is 344 g/mol. The van der Waals surface area contributed by atoms with Gasteiger partial charge in [-0.1, -0.05) is 55.3 Å². The van der Waals surface area contributed by atoms with Crippen molar-refractivity contribution in [1.29, 1.82) is 0 Å². The molecule has 6 nitrogen and oxygen atoms in total. The summed E-state index contributed by atoms with van der Waals surface area (Å²) < 4.78 is 0. The highest BCUT2D eigenvalue weighted by atomic mass is 32.2. The Labute approximate surface area is 144 Å². The van der Waals surface area contributed by atoms with E-state index in [0.29, 0.717) is 5.03 Å². The Hall–Kier alpha value is -2.15. The fraction of sp³-hybridized carbons (Fsp3) is 0.412. The second-order valence-electron chi connectivity index (χ2n) is 5.88. The van der Waals surface area contributed by atoms with Gasteiger partial charge in [0.1, 0.15) is 5.03 Å². The first-order chi connectivity index (χ1) is 11.7. The summed E-state index contributed by atoms with van der Waals surface area (Å²) in [7, 11) is 0. The third-order valence-corrected chi connectivity index (χ3v) is 5.05. The van der Waals surface area contributed by atoms with Gasteiger partial charge in [0, 0.05) is 16.8 Å². The van der Waals surface area contributed by atoms with Crippen molar-refractivity contribution in [2.75, 3.05) is 5.75 Å². The van der Waals surface area contributed by atoms with Crippen LogP contribution in [0.25, 0.3) is 10.8 Å². The fourth-order valence-corrected chi connectivity index (χ4v) is 3.66. The van der Waals surface area contributed by atoms with E-state index in [9.17, 15) is 9.59 Å². The van der Waals surface area contributed by atoms with E-state index in [4.69, 9.17) is 0 Å². The molecule has 0 bridgehead atoms. The minimum atomic E-state index is -0.406. The van der Waals surface area contributed by atoms with Crippen molar-refractivity contribution < 1.29 is 9.59 Å². The smallest absolute Gasteiger partial charge is 0.321 e. The van der Waals surface area contributed by atoms with Gasteiger partial charge in [-0.25, -0.2) is 4.79 Å². The van der Waals surface area contributed by atoms with Crippen molar-refractivity contribution in [3.63, 3.8) is 0 Å². The number of benzene rings is 1. The average Bonchev–Trinajstić information content (AvgIpc) is 2.60. The molecule has 1 heterocycles. The number of amides is 3. The second kappa shape index (κ2) is 8.10. The maximum atomic E-state index is 12.0. The molecule has 3 rings (SSSR count). The highest BCUT2D eigenvalue weighted by Crippen LogP contribution is 2.24. The van der Waals surface area contributed by atoms with Crippen LogP contribution in [0, 0.1) is 0 Å². The lowest BCUT2D eigenvalue weighted by atomic mass is 9.96. The summed E-state index contributed by atoms with van der Waals surface area (Å²) in [5.41, 5.74) is 0. The van der Waals surface area contributed by atoms with Crippen molar-refractivity contribution in [2.24, 2.45) is 0 Å². The first kappa shape index (κ1) is 16.7. The van der Waals surface area contributed by atoms with E-state index < -0.39 is 6.03 Å². The van der Waals surface area contributed by atoms with E-state index >= 15 is 0 Å². The molecule has 1 aliphatic carbocycles. The molecule has 0 atom stereocenters. The van der Waals surface area contributed by atoms with E-state index in [1.807, 2.05) is 24.3 Å². The van der Waals surface area contributed by atoms with E-state index in [-0.39, 0.29) is 17.7 Å². The number of hydrogen-bond donors (Lipinski definition) is 2. The number of aromatic nitrogens is 2. The molecule has 1 aliphatic rings. The SMILES string of the molecule is O=C(CSc1nncc2ccccc12)NC(=O)NC1CCCCC1. The molecule has 1 aromatic heterocycles. The molecule has 1 saturated carbocycles. The molecule has 0 radical (unpaired) electrons. The number of fused-ring (bicyclic) bond motifs is 1. The Morgan fingerprint density at radius 3 is 2.79 bits per heavy atom. The Bertz CT molecular complexity index is 726. The first-order valence-electron chi connectivity index (χ1n) is 8.16. The molecule has 3 amide bonds. The van der Waals surface area contributed by atoms with Crippen molar-refractivity contribution in [1.82, 2.24) is 20.8 Å². The summed E-state index contributed by atoms with van der Waals surface area (Å²) in [5, 5.41) is 15.9. The van der Waals surface area contributed by atoms with Crippen LogP contribution < -0.4 is 10.6 Å². The summed E-state index contributed by atoms with van der Waals surface area (Å²) >= 11 is 1.28. The summed E-state index contributed by atoms with van der Waals surface area (Å²) in [5.74, 6) is -0.205. The van der Waals surface area contributed by atoms with Gasteiger partial charge >= 0.3 is 6.03 Å². The third-order valence-electron chi connectivity index (χ3n) is 4.07. The molecule has 0 saturated heterocycles. The minimum Gasteiger partial charge on any atom is -0.335 e. The molecule has 2 N–H and O–H groups in total.